The molecule has 1 saturated carbocycles. The van der Waals surface area contributed by atoms with Crippen LogP contribution in [0.5, 0.6) is 0 Å². The van der Waals surface area contributed by atoms with Crippen molar-refractivity contribution < 1.29 is 9.90 Å². The third kappa shape index (κ3) is 4.02. The van der Waals surface area contributed by atoms with Crippen molar-refractivity contribution in [1.29, 1.82) is 0 Å². The topological polar surface area (TPSA) is 65.5 Å². The minimum atomic E-state index is -0.798. The quantitative estimate of drug-likeness (QED) is 0.720. The molecular formula is C16H25N3O2. The predicted octanol–water partition coefficient (Wildman–Crippen LogP) is 1.40. The monoisotopic (exact) mass is 291 g/mol. The summed E-state index contributed by atoms with van der Waals surface area (Å²) in [4.78, 5) is 18.2. The average molecular weight is 291 g/mol. The van der Waals surface area contributed by atoms with E-state index in [1.165, 1.54) is 0 Å². The van der Waals surface area contributed by atoms with Crippen LogP contribution in [0.4, 0.5) is 0 Å². The van der Waals surface area contributed by atoms with E-state index in [9.17, 15) is 9.90 Å². The molecule has 2 rings (SSSR count). The van der Waals surface area contributed by atoms with Crippen LogP contribution < -0.4 is 5.32 Å². The van der Waals surface area contributed by atoms with E-state index in [0.29, 0.717) is 13.1 Å². The molecule has 5 nitrogen and oxygen atoms in total. The van der Waals surface area contributed by atoms with Crippen molar-refractivity contribution in [3.8, 4) is 0 Å². The van der Waals surface area contributed by atoms with E-state index in [1.54, 1.807) is 6.20 Å². The lowest BCUT2D eigenvalue weighted by atomic mass is 9.92. The van der Waals surface area contributed by atoms with E-state index in [1.807, 2.05) is 32.2 Å². The Balaban J connectivity index is 1.94. The van der Waals surface area contributed by atoms with Crippen molar-refractivity contribution in [3.05, 3.63) is 30.1 Å². The van der Waals surface area contributed by atoms with Gasteiger partial charge in [-0.1, -0.05) is 13.0 Å². The molecule has 1 aromatic rings. The molecule has 116 valence electrons. The standard InChI is InChI=1S/C16H25N3O2/c1-3-18-16(15(20)21,13-7-8-13)12-19(2)11-9-14-6-4-5-10-17-14/h4-6,10,13,18H,3,7-9,11-12H2,1-2H3,(H,20,21). The van der Waals surface area contributed by atoms with Gasteiger partial charge in [-0.2, -0.15) is 0 Å². The molecule has 0 amide bonds. The Morgan fingerprint density at radius 2 is 2.29 bits per heavy atom. The number of rotatable bonds is 9. The number of nitrogens with zero attached hydrogens (tertiary/aromatic N) is 2. The first-order valence-electron chi connectivity index (χ1n) is 7.65. The highest BCUT2D eigenvalue weighted by Crippen LogP contribution is 2.40. The molecule has 2 N–H and O–H groups in total. The van der Waals surface area contributed by atoms with Gasteiger partial charge in [0.2, 0.25) is 0 Å². The zero-order valence-corrected chi connectivity index (χ0v) is 12.9. The van der Waals surface area contributed by atoms with Gasteiger partial charge < -0.3 is 15.3 Å². The van der Waals surface area contributed by atoms with Gasteiger partial charge >= 0.3 is 5.97 Å². The first kappa shape index (κ1) is 15.9. The Bertz CT molecular complexity index is 462. The van der Waals surface area contributed by atoms with E-state index in [0.717, 1.165) is 31.5 Å². The van der Waals surface area contributed by atoms with Gasteiger partial charge in [0.25, 0.3) is 0 Å². The fourth-order valence-electron chi connectivity index (χ4n) is 2.90. The Morgan fingerprint density at radius 1 is 1.52 bits per heavy atom. The summed E-state index contributed by atoms with van der Waals surface area (Å²) in [6, 6.07) is 5.89. The molecule has 0 aromatic carbocycles. The minimum absolute atomic E-state index is 0.257. The smallest absolute Gasteiger partial charge is 0.325 e. The maximum absolute atomic E-state index is 11.8. The van der Waals surface area contributed by atoms with Crippen LogP contribution in [0.1, 0.15) is 25.5 Å². The molecule has 5 heteroatoms. The molecule has 0 aliphatic heterocycles. The molecule has 21 heavy (non-hydrogen) atoms. The summed E-state index contributed by atoms with van der Waals surface area (Å²) in [5.74, 6) is -0.469. The molecule has 0 radical (unpaired) electrons. The predicted molar refractivity (Wildman–Crippen MR) is 82.2 cm³/mol. The Morgan fingerprint density at radius 3 is 2.81 bits per heavy atom. The van der Waals surface area contributed by atoms with E-state index in [4.69, 9.17) is 0 Å². The molecule has 1 heterocycles. The fraction of sp³-hybridized carbons (Fsp3) is 0.625. The van der Waals surface area contributed by atoms with E-state index in [-0.39, 0.29) is 5.92 Å². The number of carboxylic acid groups (broad SMARTS) is 1. The van der Waals surface area contributed by atoms with Crippen LogP contribution in [0.25, 0.3) is 0 Å². The van der Waals surface area contributed by atoms with E-state index >= 15 is 0 Å². The van der Waals surface area contributed by atoms with Crippen LogP contribution in [-0.2, 0) is 11.2 Å². The van der Waals surface area contributed by atoms with Crippen molar-refractivity contribution in [2.75, 3.05) is 26.7 Å². The normalized spacial score (nSPS) is 17.7. The number of hydrogen-bond donors (Lipinski definition) is 2. The number of carbonyl (C=O) groups is 1. The molecule has 1 atom stereocenters. The van der Waals surface area contributed by atoms with Gasteiger partial charge in [-0.15, -0.1) is 0 Å². The van der Waals surface area contributed by atoms with Gasteiger partial charge in [0.1, 0.15) is 5.54 Å². The summed E-state index contributed by atoms with van der Waals surface area (Å²) >= 11 is 0. The third-order valence-electron chi connectivity index (χ3n) is 4.14. The number of aromatic nitrogens is 1. The van der Waals surface area contributed by atoms with Crippen molar-refractivity contribution in [2.24, 2.45) is 5.92 Å². The summed E-state index contributed by atoms with van der Waals surface area (Å²) in [6.45, 7) is 3.99. The van der Waals surface area contributed by atoms with Crippen LogP contribution in [0.15, 0.2) is 24.4 Å². The largest absolute Gasteiger partial charge is 0.480 e. The van der Waals surface area contributed by atoms with E-state index < -0.39 is 11.5 Å². The second-order valence-electron chi connectivity index (χ2n) is 5.89. The summed E-state index contributed by atoms with van der Waals surface area (Å²) in [6.07, 6.45) is 4.64. The summed E-state index contributed by atoms with van der Waals surface area (Å²) in [5.41, 5.74) is 0.244. The second kappa shape index (κ2) is 7.00. The Labute approximate surface area is 126 Å². The lowest BCUT2D eigenvalue weighted by Crippen LogP contribution is -2.60. The first-order valence-corrected chi connectivity index (χ1v) is 7.65. The highest BCUT2D eigenvalue weighted by molar-refractivity contribution is 5.80. The van der Waals surface area contributed by atoms with Crippen molar-refractivity contribution >= 4 is 5.97 Å². The zero-order valence-electron chi connectivity index (χ0n) is 12.9. The molecule has 0 saturated heterocycles. The van der Waals surface area contributed by atoms with E-state index in [2.05, 4.69) is 15.2 Å². The van der Waals surface area contributed by atoms with Crippen LogP contribution >= 0.6 is 0 Å². The van der Waals surface area contributed by atoms with Gasteiger partial charge in [0, 0.05) is 31.4 Å². The number of hydrogen-bond acceptors (Lipinski definition) is 4. The molecular weight excluding hydrogens is 266 g/mol. The third-order valence-corrected chi connectivity index (χ3v) is 4.14. The number of pyridine rings is 1. The number of aliphatic carboxylic acids is 1. The molecule has 1 aliphatic rings. The highest BCUT2D eigenvalue weighted by atomic mass is 16.4. The maximum Gasteiger partial charge on any atom is 0.325 e. The number of likely N-dealkylation sites (N-methyl/N-ethyl adjacent to an activating group) is 2. The SMILES string of the molecule is CCNC(CN(C)CCc1ccccn1)(C(=O)O)C1CC1. The molecule has 1 aromatic heterocycles. The van der Waals surface area contributed by atoms with Crippen LogP contribution in [0, 0.1) is 5.92 Å². The van der Waals surface area contributed by atoms with Crippen LogP contribution in [0.3, 0.4) is 0 Å². The Kier molecular flexibility index (Phi) is 5.31. The summed E-state index contributed by atoms with van der Waals surface area (Å²) < 4.78 is 0. The minimum Gasteiger partial charge on any atom is -0.480 e. The van der Waals surface area contributed by atoms with Crippen molar-refractivity contribution in [1.82, 2.24) is 15.2 Å². The number of nitrogens with one attached hydrogen (secondary N) is 1. The van der Waals surface area contributed by atoms with Crippen LogP contribution in [-0.4, -0.2) is 53.2 Å². The lowest BCUT2D eigenvalue weighted by Gasteiger charge is -2.34. The highest BCUT2D eigenvalue weighted by Gasteiger charge is 2.51. The molecule has 1 aliphatic carbocycles. The molecule has 0 spiro atoms. The first-order chi connectivity index (χ1) is 10.1. The summed E-state index contributed by atoms with van der Waals surface area (Å²) in [5, 5.41) is 12.9. The van der Waals surface area contributed by atoms with Gasteiger partial charge in [-0.3, -0.25) is 9.78 Å². The lowest BCUT2D eigenvalue weighted by molar-refractivity contribution is -0.146. The summed E-state index contributed by atoms with van der Waals surface area (Å²) in [7, 11) is 1.99. The van der Waals surface area contributed by atoms with Gasteiger partial charge in [0.05, 0.1) is 0 Å². The molecule has 1 unspecified atom stereocenters. The van der Waals surface area contributed by atoms with Gasteiger partial charge in [-0.05, 0) is 44.5 Å². The average Bonchev–Trinajstić information content (AvgIpc) is 3.30. The van der Waals surface area contributed by atoms with Gasteiger partial charge in [0.15, 0.2) is 0 Å². The van der Waals surface area contributed by atoms with Crippen molar-refractivity contribution in [3.63, 3.8) is 0 Å². The van der Waals surface area contributed by atoms with Crippen molar-refractivity contribution in [2.45, 2.75) is 31.7 Å². The maximum atomic E-state index is 11.8. The van der Waals surface area contributed by atoms with Crippen LogP contribution in [0.2, 0.25) is 0 Å². The fourth-order valence-corrected chi connectivity index (χ4v) is 2.90. The molecule has 1 fully saturated rings. The van der Waals surface area contributed by atoms with Gasteiger partial charge in [-0.25, -0.2) is 0 Å². The zero-order chi connectivity index (χ0) is 15.3. The molecule has 0 bridgehead atoms. The second-order valence-corrected chi connectivity index (χ2v) is 5.89. The number of carboxylic acids is 1. The Hall–Kier alpha value is -1.46.